The largest absolute Gasteiger partial charge is 0.381 e. The first-order chi connectivity index (χ1) is 9.54. The lowest BCUT2D eigenvalue weighted by Gasteiger charge is -2.15. The molecule has 120 valence electrons. The van der Waals surface area contributed by atoms with E-state index in [4.69, 9.17) is 9.47 Å². The molecule has 1 rings (SSSR count). The molecular weight excluding hydrogens is 252 g/mol. The molecule has 0 spiro atoms. The molecule has 0 amide bonds. The number of ether oxygens (including phenoxy) is 2. The van der Waals surface area contributed by atoms with Crippen LogP contribution < -0.4 is 10.2 Å². The van der Waals surface area contributed by atoms with Crippen molar-refractivity contribution in [2.24, 2.45) is 17.8 Å². The van der Waals surface area contributed by atoms with Crippen molar-refractivity contribution in [2.45, 2.75) is 46.1 Å². The summed E-state index contributed by atoms with van der Waals surface area (Å²) >= 11 is 0. The predicted molar refractivity (Wildman–Crippen MR) is 82.7 cm³/mol. The molecule has 0 heterocycles. The van der Waals surface area contributed by atoms with Crippen LogP contribution in [0.4, 0.5) is 0 Å². The van der Waals surface area contributed by atoms with E-state index in [-0.39, 0.29) is 0 Å². The minimum Gasteiger partial charge on any atom is -0.381 e. The standard InChI is InChI=1S/C16H34N2O2/c1-6-13(2)16-9-15(16)10-19-8-7-14(3)17-11-20-12-18(4)5/h13-17H,6-12H2,1-5H3/p+1. The molecule has 0 bridgehead atoms. The quantitative estimate of drug-likeness (QED) is 0.417. The topological polar surface area (TPSA) is 34.9 Å². The fourth-order valence-corrected chi connectivity index (χ4v) is 2.52. The highest BCUT2D eigenvalue weighted by atomic mass is 16.5. The SMILES string of the molecule is CCC(C)C1CC1COCCC(C)NCOC[NH+](C)C. The summed E-state index contributed by atoms with van der Waals surface area (Å²) in [5.74, 6) is 2.64. The van der Waals surface area contributed by atoms with Crippen molar-refractivity contribution in [2.75, 3.05) is 40.8 Å². The molecule has 4 nitrogen and oxygen atoms in total. The van der Waals surface area contributed by atoms with Crippen LogP contribution in [0.1, 0.15) is 40.0 Å². The fourth-order valence-electron chi connectivity index (χ4n) is 2.52. The molecule has 1 saturated carbocycles. The highest BCUT2D eigenvalue weighted by molar-refractivity contribution is 4.89. The fraction of sp³-hybridized carbons (Fsp3) is 1.00. The van der Waals surface area contributed by atoms with Gasteiger partial charge in [-0.2, -0.15) is 0 Å². The van der Waals surface area contributed by atoms with Gasteiger partial charge < -0.3 is 14.4 Å². The van der Waals surface area contributed by atoms with Crippen molar-refractivity contribution in [1.82, 2.24) is 5.32 Å². The second-order valence-electron chi connectivity index (χ2n) is 6.71. The number of hydrogen-bond acceptors (Lipinski definition) is 3. The number of nitrogens with one attached hydrogen (secondary N) is 2. The average Bonchev–Trinajstić information content (AvgIpc) is 3.18. The molecule has 1 aliphatic rings. The molecule has 1 aliphatic carbocycles. The molecular formula is C16H35N2O2+. The predicted octanol–water partition coefficient (Wildman–Crippen LogP) is 1.13. The van der Waals surface area contributed by atoms with Gasteiger partial charge in [0.05, 0.1) is 14.1 Å². The third-order valence-electron chi connectivity index (χ3n) is 4.30. The molecule has 20 heavy (non-hydrogen) atoms. The lowest BCUT2D eigenvalue weighted by molar-refractivity contribution is -0.880. The second-order valence-corrected chi connectivity index (χ2v) is 6.71. The summed E-state index contributed by atoms with van der Waals surface area (Å²) in [6.07, 6.45) is 3.74. The maximum Gasteiger partial charge on any atom is 0.182 e. The van der Waals surface area contributed by atoms with Crippen LogP contribution in [0.5, 0.6) is 0 Å². The minimum absolute atomic E-state index is 0.455. The zero-order valence-electron chi connectivity index (χ0n) is 14.1. The smallest absolute Gasteiger partial charge is 0.182 e. The Morgan fingerprint density at radius 1 is 1.25 bits per heavy atom. The van der Waals surface area contributed by atoms with E-state index in [0.717, 1.165) is 44.1 Å². The molecule has 1 fully saturated rings. The summed E-state index contributed by atoms with van der Waals surface area (Å²) in [6, 6.07) is 0.455. The Morgan fingerprint density at radius 3 is 2.65 bits per heavy atom. The van der Waals surface area contributed by atoms with E-state index in [0.29, 0.717) is 12.8 Å². The van der Waals surface area contributed by atoms with Crippen LogP contribution in [0.3, 0.4) is 0 Å². The molecule has 0 saturated heterocycles. The van der Waals surface area contributed by atoms with E-state index in [1.165, 1.54) is 17.7 Å². The van der Waals surface area contributed by atoms with E-state index < -0.39 is 0 Å². The third kappa shape index (κ3) is 7.58. The normalized spacial score (nSPS) is 24.9. The van der Waals surface area contributed by atoms with Gasteiger partial charge in [-0.05, 0) is 37.5 Å². The third-order valence-corrected chi connectivity index (χ3v) is 4.30. The molecule has 0 aromatic rings. The van der Waals surface area contributed by atoms with Crippen molar-refractivity contribution in [1.29, 1.82) is 0 Å². The molecule has 0 radical (unpaired) electrons. The monoisotopic (exact) mass is 287 g/mol. The summed E-state index contributed by atoms with van der Waals surface area (Å²) in [7, 11) is 4.17. The maximum atomic E-state index is 5.81. The molecule has 2 N–H and O–H groups in total. The Balaban J connectivity index is 1.89. The zero-order chi connectivity index (χ0) is 15.0. The summed E-state index contributed by atoms with van der Waals surface area (Å²) in [5, 5.41) is 3.36. The van der Waals surface area contributed by atoms with Crippen molar-refractivity contribution in [3.05, 3.63) is 0 Å². The molecule has 0 aliphatic heterocycles. The minimum atomic E-state index is 0.455. The van der Waals surface area contributed by atoms with Crippen molar-refractivity contribution < 1.29 is 14.4 Å². The summed E-state index contributed by atoms with van der Waals surface area (Å²) in [4.78, 5) is 1.31. The Kier molecular flexibility index (Phi) is 8.69. The van der Waals surface area contributed by atoms with E-state index in [1.54, 1.807) is 0 Å². The first-order valence-corrected chi connectivity index (χ1v) is 8.22. The van der Waals surface area contributed by atoms with Gasteiger partial charge in [0, 0.05) is 19.3 Å². The summed E-state index contributed by atoms with van der Waals surface area (Å²) in [5.41, 5.74) is 0. The first kappa shape index (κ1) is 17.9. The van der Waals surface area contributed by atoms with Crippen LogP contribution in [0.25, 0.3) is 0 Å². The van der Waals surface area contributed by atoms with Crippen LogP contribution in [0, 0.1) is 17.8 Å². The van der Waals surface area contributed by atoms with Crippen LogP contribution in [-0.2, 0) is 9.47 Å². The average molecular weight is 287 g/mol. The first-order valence-electron chi connectivity index (χ1n) is 8.22. The van der Waals surface area contributed by atoms with Crippen molar-refractivity contribution in [3.63, 3.8) is 0 Å². The van der Waals surface area contributed by atoms with Gasteiger partial charge in [0.25, 0.3) is 0 Å². The highest BCUT2D eigenvalue weighted by Gasteiger charge is 2.39. The van der Waals surface area contributed by atoms with E-state index in [1.807, 2.05) is 0 Å². The Hall–Kier alpha value is -0.160. The molecule has 4 unspecified atom stereocenters. The van der Waals surface area contributed by atoms with Crippen LogP contribution in [-0.4, -0.2) is 46.8 Å². The van der Waals surface area contributed by atoms with Gasteiger partial charge in [-0.3, -0.25) is 5.32 Å². The van der Waals surface area contributed by atoms with Gasteiger partial charge in [0.2, 0.25) is 0 Å². The maximum absolute atomic E-state index is 5.81. The lowest BCUT2D eigenvalue weighted by Crippen LogP contribution is -3.06. The molecule has 4 heteroatoms. The van der Waals surface area contributed by atoms with Gasteiger partial charge in [-0.15, -0.1) is 0 Å². The van der Waals surface area contributed by atoms with Gasteiger partial charge in [0.1, 0.15) is 6.73 Å². The Bertz CT molecular complexity index is 249. The molecule has 0 aromatic heterocycles. The highest BCUT2D eigenvalue weighted by Crippen LogP contribution is 2.45. The van der Waals surface area contributed by atoms with E-state index >= 15 is 0 Å². The number of rotatable bonds is 12. The lowest BCUT2D eigenvalue weighted by atomic mass is 10.0. The van der Waals surface area contributed by atoms with Crippen LogP contribution in [0.2, 0.25) is 0 Å². The number of quaternary nitrogens is 1. The second kappa shape index (κ2) is 9.72. The van der Waals surface area contributed by atoms with Crippen molar-refractivity contribution >= 4 is 0 Å². The zero-order valence-corrected chi connectivity index (χ0v) is 14.1. The van der Waals surface area contributed by atoms with Gasteiger partial charge in [0.15, 0.2) is 6.73 Å². The Labute approximate surface area is 125 Å². The van der Waals surface area contributed by atoms with Crippen LogP contribution in [0.15, 0.2) is 0 Å². The van der Waals surface area contributed by atoms with Gasteiger partial charge in [-0.25, -0.2) is 0 Å². The van der Waals surface area contributed by atoms with E-state index in [9.17, 15) is 0 Å². The summed E-state index contributed by atoms with van der Waals surface area (Å²) < 4.78 is 11.3. The van der Waals surface area contributed by atoms with E-state index in [2.05, 4.69) is 40.2 Å². The summed E-state index contributed by atoms with van der Waals surface area (Å²) in [6.45, 7) is 10.0. The van der Waals surface area contributed by atoms with Crippen molar-refractivity contribution in [3.8, 4) is 0 Å². The molecule has 0 aromatic carbocycles. The Morgan fingerprint density at radius 2 is 2.00 bits per heavy atom. The number of hydrogen-bond donors (Lipinski definition) is 2. The van der Waals surface area contributed by atoms with Gasteiger partial charge >= 0.3 is 0 Å². The van der Waals surface area contributed by atoms with Gasteiger partial charge in [-0.1, -0.05) is 20.3 Å². The molecule has 4 atom stereocenters. The van der Waals surface area contributed by atoms with Crippen LogP contribution >= 0.6 is 0 Å².